The first-order valence-electron chi connectivity index (χ1n) is 8.00. The van der Waals surface area contributed by atoms with Gasteiger partial charge in [0.1, 0.15) is 5.75 Å². The van der Waals surface area contributed by atoms with E-state index in [1.807, 2.05) is 31.2 Å². The zero-order chi connectivity index (χ0) is 15.6. The number of morpholine rings is 1. The second-order valence-corrected chi connectivity index (χ2v) is 5.57. The first-order valence-corrected chi connectivity index (χ1v) is 8.00. The van der Waals surface area contributed by atoms with Crippen molar-refractivity contribution in [2.75, 3.05) is 46.0 Å². The molecule has 1 heterocycles. The topological polar surface area (TPSA) is 50.8 Å². The summed E-state index contributed by atoms with van der Waals surface area (Å²) >= 11 is 0. The van der Waals surface area contributed by atoms with Crippen LogP contribution in [-0.4, -0.2) is 56.8 Å². The van der Waals surface area contributed by atoms with Gasteiger partial charge in [0.15, 0.2) is 0 Å². The van der Waals surface area contributed by atoms with Gasteiger partial charge in [0, 0.05) is 32.6 Å². The third-order valence-corrected chi connectivity index (χ3v) is 3.69. The summed E-state index contributed by atoms with van der Waals surface area (Å²) in [6.45, 7) is 7.73. The van der Waals surface area contributed by atoms with Crippen molar-refractivity contribution in [1.82, 2.24) is 10.2 Å². The second-order valence-electron chi connectivity index (χ2n) is 5.57. The van der Waals surface area contributed by atoms with E-state index in [0.717, 1.165) is 45.0 Å². The molecule has 0 bridgehead atoms. The minimum Gasteiger partial charge on any atom is -0.494 e. The number of carbonyl (C=O) groups excluding carboxylic acids is 1. The van der Waals surface area contributed by atoms with Crippen molar-refractivity contribution >= 4 is 5.91 Å². The van der Waals surface area contributed by atoms with Gasteiger partial charge in [0.2, 0.25) is 5.91 Å². The number of nitrogens with one attached hydrogen (secondary N) is 1. The normalized spacial score (nSPS) is 15.5. The summed E-state index contributed by atoms with van der Waals surface area (Å²) in [7, 11) is 0. The highest BCUT2D eigenvalue weighted by Crippen LogP contribution is 2.11. The molecule has 1 amide bonds. The summed E-state index contributed by atoms with van der Waals surface area (Å²) in [6, 6.07) is 7.96. The average Bonchev–Trinajstić information content (AvgIpc) is 2.54. The van der Waals surface area contributed by atoms with E-state index in [1.54, 1.807) is 0 Å². The molecule has 1 N–H and O–H groups in total. The summed E-state index contributed by atoms with van der Waals surface area (Å²) in [5.74, 6) is 0.957. The van der Waals surface area contributed by atoms with Gasteiger partial charge in [0.05, 0.1) is 19.8 Å². The fourth-order valence-electron chi connectivity index (χ4n) is 2.32. The van der Waals surface area contributed by atoms with E-state index in [1.165, 1.54) is 5.56 Å². The van der Waals surface area contributed by atoms with Crippen molar-refractivity contribution in [2.45, 2.75) is 19.8 Å². The Morgan fingerprint density at radius 3 is 2.73 bits per heavy atom. The molecule has 0 aliphatic carbocycles. The van der Waals surface area contributed by atoms with Crippen LogP contribution in [-0.2, 0) is 9.53 Å². The van der Waals surface area contributed by atoms with Crippen LogP contribution in [0.4, 0.5) is 0 Å². The van der Waals surface area contributed by atoms with Gasteiger partial charge in [-0.15, -0.1) is 0 Å². The van der Waals surface area contributed by atoms with Crippen LogP contribution in [0.3, 0.4) is 0 Å². The van der Waals surface area contributed by atoms with Crippen molar-refractivity contribution in [3.8, 4) is 5.75 Å². The van der Waals surface area contributed by atoms with E-state index in [2.05, 4.69) is 10.2 Å². The monoisotopic (exact) mass is 306 g/mol. The number of nitrogens with zero attached hydrogens (tertiary/aromatic N) is 1. The lowest BCUT2D eigenvalue weighted by Crippen LogP contribution is -2.41. The highest BCUT2D eigenvalue weighted by Gasteiger charge is 2.10. The molecule has 22 heavy (non-hydrogen) atoms. The van der Waals surface area contributed by atoms with Crippen molar-refractivity contribution < 1.29 is 14.3 Å². The average molecular weight is 306 g/mol. The van der Waals surface area contributed by atoms with Crippen molar-refractivity contribution in [1.29, 1.82) is 0 Å². The summed E-state index contributed by atoms with van der Waals surface area (Å²) < 4.78 is 10.9. The number of rotatable bonds is 8. The highest BCUT2D eigenvalue weighted by molar-refractivity contribution is 5.75. The number of hydrogen-bond acceptors (Lipinski definition) is 4. The molecule has 1 fully saturated rings. The van der Waals surface area contributed by atoms with Crippen molar-refractivity contribution in [3.63, 3.8) is 0 Å². The molecular weight excluding hydrogens is 280 g/mol. The van der Waals surface area contributed by atoms with Gasteiger partial charge in [-0.3, -0.25) is 9.69 Å². The van der Waals surface area contributed by atoms with Crippen LogP contribution < -0.4 is 10.1 Å². The fourth-order valence-corrected chi connectivity index (χ4v) is 2.32. The zero-order valence-electron chi connectivity index (χ0n) is 13.3. The van der Waals surface area contributed by atoms with E-state index in [9.17, 15) is 4.79 Å². The molecule has 0 aromatic heterocycles. The maximum absolute atomic E-state index is 11.7. The minimum atomic E-state index is 0.0979. The Balaban J connectivity index is 1.49. The SMILES string of the molecule is Cc1ccc(OCCCC(=O)NCCN2CCOCC2)cc1. The number of benzene rings is 1. The van der Waals surface area contributed by atoms with Gasteiger partial charge in [0.25, 0.3) is 0 Å². The molecule has 5 heteroatoms. The van der Waals surface area contributed by atoms with Crippen molar-refractivity contribution in [3.05, 3.63) is 29.8 Å². The lowest BCUT2D eigenvalue weighted by Gasteiger charge is -2.26. The lowest BCUT2D eigenvalue weighted by molar-refractivity contribution is -0.121. The summed E-state index contributed by atoms with van der Waals surface area (Å²) in [5.41, 5.74) is 1.21. The Hall–Kier alpha value is -1.59. The second kappa shape index (κ2) is 9.43. The molecule has 1 aliphatic rings. The van der Waals surface area contributed by atoms with Gasteiger partial charge in [-0.05, 0) is 25.5 Å². The van der Waals surface area contributed by atoms with Crippen LogP contribution in [0.25, 0.3) is 0 Å². The number of carbonyl (C=O) groups is 1. The molecule has 1 aromatic carbocycles. The van der Waals surface area contributed by atoms with Gasteiger partial charge < -0.3 is 14.8 Å². The Kier molecular flexibility index (Phi) is 7.19. The molecular formula is C17H26N2O3. The van der Waals surface area contributed by atoms with Gasteiger partial charge >= 0.3 is 0 Å². The Morgan fingerprint density at radius 2 is 2.00 bits per heavy atom. The van der Waals surface area contributed by atoms with E-state index < -0.39 is 0 Å². The maximum Gasteiger partial charge on any atom is 0.220 e. The third-order valence-electron chi connectivity index (χ3n) is 3.69. The molecule has 0 radical (unpaired) electrons. The Labute approximate surface area is 132 Å². The Morgan fingerprint density at radius 1 is 1.27 bits per heavy atom. The summed E-state index contributed by atoms with van der Waals surface area (Å²) in [4.78, 5) is 14.0. The molecule has 0 unspecified atom stereocenters. The van der Waals surface area contributed by atoms with Gasteiger partial charge in [-0.1, -0.05) is 17.7 Å². The number of aryl methyl sites for hydroxylation is 1. The van der Waals surface area contributed by atoms with Crippen LogP contribution >= 0.6 is 0 Å². The predicted molar refractivity (Wildman–Crippen MR) is 86.2 cm³/mol. The number of amides is 1. The van der Waals surface area contributed by atoms with Crippen LogP contribution in [0.1, 0.15) is 18.4 Å². The summed E-state index contributed by atoms with van der Waals surface area (Å²) in [5, 5.41) is 2.96. The molecule has 1 aliphatic heterocycles. The first kappa shape index (κ1) is 16.8. The van der Waals surface area contributed by atoms with Crippen LogP contribution in [0.2, 0.25) is 0 Å². The smallest absolute Gasteiger partial charge is 0.220 e. The van der Waals surface area contributed by atoms with E-state index in [4.69, 9.17) is 9.47 Å². The molecule has 1 saturated heterocycles. The standard InChI is InChI=1S/C17H26N2O3/c1-15-4-6-16(7-5-15)22-12-2-3-17(20)18-8-9-19-10-13-21-14-11-19/h4-7H,2-3,8-14H2,1H3,(H,18,20). The molecule has 0 spiro atoms. The number of hydrogen-bond donors (Lipinski definition) is 1. The van der Waals surface area contributed by atoms with Crippen LogP contribution in [0, 0.1) is 6.92 Å². The molecule has 0 atom stereocenters. The zero-order valence-corrected chi connectivity index (χ0v) is 13.3. The fraction of sp³-hybridized carbons (Fsp3) is 0.588. The van der Waals surface area contributed by atoms with E-state index in [-0.39, 0.29) is 5.91 Å². The minimum absolute atomic E-state index is 0.0979. The molecule has 122 valence electrons. The van der Waals surface area contributed by atoms with Crippen molar-refractivity contribution in [2.24, 2.45) is 0 Å². The summed E-state index contributed by atoms with van der Waals surface area (Å²) in [6.07, 6.45) is 1.24. The van der Waals surface area contributed by atoms with Crippen LogP contribution in [0.15, 0.2) is 24.3 Å². The highest BCUT2D eigenvalue weighted by atomic mass is 16.5. The van der Waals surface area contributed by atoms with E-state index >= 15 is 0 Å². The number of ether oxygens (including phenoxy) is 2. The quantitative estimate of drug-likeness (QED) is 0.741. The molecule has 1 aromatic rings. The largest absolute Gasteiger partial charge is 0.494 e. The molecule has 5 nitrogen and oxygen atoms in total. The maximum atomic E-state index is 11.7. The lowest BCUT2D eigenvalue weighted by atomic mass is 10.2. The molecule has 2 rings (SSSR count). The van der Waals surface area contributed by atoms with Crippen LogP contribution in [0.5, 0.6) is 5.75 Å². The van der Waals surface area contributed by atoms with E-state index in [0.29, 0.717) is 19.6 Å². The first-order chi connectivity index (χ1) is 10.7. The molecule has 0 saturated carbocycles. The van der Waals surface area contributed by atoms with Gasteiger partial charge in [-0.25, -0.2) is 0 Å². The predicted octanol–water partition coefficient (Wildman–Crippen LogP) is 1.60. The third kappa shape index (κ3) is 6.45. The Bertz CT molecular complexity index is 442. The van der Waals surface area contributed by atoms with Gasteiger partial charge in [-0.2, -0.15) is 0 Å².